The Morgan fingerprint density at radius 1 is 1.37 bits per heavy atom. The van der Waals surface area contributed by atoms with E-state index in [0.29, 0.717) is 5.65 Å². The van der Waals surface area contributed by atoms with Crippen molar-refractivity contribution >= 4 is 29.1 Å². The molecule has 0 aliphatic rings. The Morgan fingerprint density at radius 2 is 2.11 bits per heavy atom. The van der Waals surface area contributed by atoms with E-state index in [1.165, 1.54) is 23.0 Å². The second-order valence-electron chi connectivity index (χ2n) is 3.67. The number of carboxylic acid groups (broad SMARTS) is 1. The van der Waals surface area contributed by atoms with Gasteiger partial charge in [-0.1, -0.05) is 0 Å². The summed E-state index contributed by atoms with van der Waals surface area (Å²) in [6.45, 7) is 0.410. The molecule has 0 bridgehead atoms. The first-order valence-electron chi connectivity index (χ1n) is 5.20. The first-order chi connectivity index (χ1) is 8.99. The van der Waals surface area contributed by atoms with Gasteiger partial charge >= 0.3 is 5.97 Å². The maximum atomic E-state index is 11.7. The lowest BCUT2D eigenvalue weighted by molar-refractivity contribution is -0.138. The summed E-state index contributed by atoms with van der Waals surface area (Å²) in [4.78, 5) is 34.3. The van der Waals surface area contributed by atoms with Crippen molar-refractivity contribution in [3.8, 4) is 0 Å². The third-order valence-corrected chi connectivity index (χ3v) is 2.26. The molecule has 2 rings (SSSR count). The maximum absolute atomic E-state index is 11.7. The predicted octanol–water partition coefficient (Wildman–Crippen LogP) is -0.869. The van der Waals surface area contributed by atoms with Crippen LogP contribution in [-0.2, 0) is 14.4 Å². The van der Waals surface area contributed by atoms with Crippen LogP contribution in [0.1, 0.15) is 6.92 Å². The number of aliphatic carboxylic acids is 1. The molecular weight excluding hydrogens is 254 g/mol. The van der Waals surface area contributed by atoms with Crippen molar-refractivity contribution in [1.82, 2.24) is 19.8 Å². The summed E-state index contributed by atoms with van der Waals surface area (Å²) < 4.78 is 1.28. The molecule has 0 spiro atoms. The van der Waals surface area contributed by atoms with Gasteiger partial charge in [0, 0.05) is 6.92 Å². The van der Waals surface area contributed by atoms with Crippen LogP contribution < -0.4 is 4.90 Å². The Morgan fingerprint density at radius 3 is 2.74 bits per heavy atom. The number of hydrogen-bond donors (Lipinski definition) is 1. The number of hydrogen-bond acceptors (Lipinski definition) is 6. The van der Waals surface area contributed by atoms with Crippen LogP contribution in [0.25, 0.3) is 5.65 Å². The van der Waals surface area contributed by atoms with Gasteiger partial charge in [-0.2, -0.15) is 4.52 Å². The summed E-state index contributed by atoms with van der Waals surface area (Å²) in [5, 5.41) is 20.1. The van der Waals surface area contributed by atoms with Crippen LogP contribution in [0.15, 0.2) is 18.5 Å². The molecule has 9 nitrogen and oxygen atoms in total. The number of fused-ring (bicyclic) bond motifs is 1. The topological polar surface area (TPSA) is 118 Å². The molecule has 0 aliphatic heterocycles. The summed E-state index contributed by atoms with van der Waals surface area (Å²) in [6, 6.07) is 2.91. The van der Waals surface area contributed by atoms with Gasteiger partial charge in [-0.25, -0.2) is 0 Å². The summed E-state index contributed by atoms with van der Waals surface area (Å²) >= 11 is 0. The number of carbonyl (C=O) groups is 3. The van der Waals surface area contributed by atoms with Crippen molar-refractivity contribution in [2.24, 2.45) is 0 Å². The Bertz CT molecular complexity index is 665. The fraction of sp³-hybridized carbons (Fsp3) is 0.200. The van der Waals surface area contributed by atoms with Crippen LogP contribution in [-0.4, -0.2) is 49.1 Å². The lowest BCUT2D eigenvalue weighted by Gasteiger charge is -2.17. The van der Waals surface area contributed by atoms with Crippen molar-refractivity contribution in [2.75, 3.05) is 11.4 Å². The van der Waals surface area contributed by atoms with E-state index in [1.807, 2.05) is 0 Å². The second kappa shape index (κ2) is 4.80. The number of aromatic nitrogens is 4. The van der Waals surface area contributed by atoms with E-state index < -0.39 is 24.2 Å². The zero-order valence-corrected chi connectivity index (χ0v) is 9.85. The van der Waals surface area contributed by atoms with E-state index in [4.69, 9.17) is 5.11 Å². The molecule has 0 saturated carbocycles. The fourth-order valence-electron chi connectivity index (χ4n) is 1.44. The predicted molar refractivity (Wildman–Crippen MR) is 61.5 cm³/mol. The highest BCUT2D eigenvalue weighted by Crippen LogP contribution is 2.11. The summed E-state index contributed by atoms with van der Waals surface area (Å²) in [6.07, 6.45) is 1.30. The maximum Gasteiger partial charge on any atom is 0.323 e. The molecule has 0 saturated heterocycles. The smallest absolute Gasteiger partial charge is 0.323 e. The number of amides is 1. The minimum atomic E-state index is -1.25. The monoisotopic (exact) mass is 263 g/mol. The number of Topliss-reactive ketones (excluding diaryl/α,β-unsaturated/α-hetero) is 1. The first kappa shape index (κ1) is 12.6. The van der Waals surface area contributed by atoms with Crippen LogP contribution in [0.2, 0.25) is 0 Å². The quantitative estimate of drug-likeness (QED) is 0.712. The molecule has 0 aliphatic carbocycles. The SMILES string of the molecule is CC(=O)C(=O)N(CC(=O)O)c1ccc2nncn2n1. The molecule has 1 amide bonds. The van der Waals surface area contributed by atoms with Crippen molar-refractivity contribution in [2.45, 2.75) is 6.92 Å². The van der Waals surface area contributed by atoms with Gasteiger partial charge in [0.25, 0.3) is 5.91 Å². The molecule has 9 heteroatoms. The van der Waals surface area contributed by atoms with Crippen LogP contribution in [0.4, 0.5) is 5.82 Å². The molecule has 2 aromatic heterocycles. The molecule has 0 unspecified atom stereocenters. The van der Waals surface area contributed by atoms with Gasteiger partial charge in [-0.15, -0.1) is 15.3 Å². The first-order valence-corrected chi connectivity index (χ1v) is 5.20. The van der Waals surface area contributed by atoms with E-state index in [1.54, 1.807) is 0 Å². The highest BCUT2D eigenvalue weighted by Gasteiger charge is 2.23. The molecule has 98 valence electrons. The van der Waals surface area contributed by atoms with Crippen LogP contribution in [0, 0.1) is 0 Å². The fourth-order valence-corrected chi connectivity index (χ4v) is 1.44. The van der Waals surface area contributed by atoms with Crippen molar-refractivity contribution in [3.05, 3.63) is 18.5 Å². The molecule has 0 atom stereocenters. The standard InChI is InChI=1S/C10H9N5O4/c1-6(16)10(19)14(4-9(17)18)8-3-2-7-12-11-5-15(7)13-8/h2-3,5H,4H2,1H3,(H,17,18). The van der Waals surface area contributed by atoms with Crippen LogP contribution in [0.3, 0.4) is 0 Å². The Kier molecular flexibility index (Phi) is 3.19. The van der Waals surface area contributed by atoms with Gasteiger partial charge < -0.3 is 5.11 Å². The van der Waals surface area contributed by atoms with Gasteiger partial charge in [0.05, 0.1) is 0 Å². The summed E-state index contributed by atoms with van der Waals surface area (Å²) in [5.41, 5.74) is 0.439. The van der Waals surface area contributed by atoms with Gasteiger partial charge in [0.15, 0.2) is 11.5 Å². The van der Waals surface area contributed by atoms with Crippen LogP contribution >= 0.6 is 0 Å². The van der Waals surface area contributed by atoms with Gasteiger partial charge in [0.2, 0.25) is 5.78 Å². The molecule has 0 fully saturated rings. The van der Waals surface area contributed by atoms with Gasteiger partial charge in [-0.3, -0.25) is 19.3 Å². The molecular formula is C10H9N5O4. The lowest BCUT2D eigenvalue weighted by Crippen LogP contribution is -2.40. The minimum Gasteiger partial charge on any atom is -0.480 e. The van der Waals surface area contributed by atoms with Crippen molar-refractivity contribution < 1.29 is 19.5 Å². The molecule has 19 heavy (non-hydrogen) atoms. The van der Waals surface area contributed by atoms with Gasteiger partial charge in [0.1, 0.15) is 12.9 Å². The zero-order valence-electron chi connectivity index (χ0n) is 9.85. The number of carbonyl (C=O) groups excluding carboxylic acids is 2. The second-order valence-corrected chi connectivity index (χ2v) is 3.67. The van der Waals surface area contributed by atoms with E-state index >= 15 is 0 Å². The van der Waals surface area contributed by atoms with Gasteiger partial charge in [-0.05, 0) is 12.1 Å². The van der Waals surface area contributed by atoms with Crippen LogP contribution in [0.5, 0.6) is 0 Å². The number of anilines is 1. The third-order valence-electron chi connectivity index (χ3n) is 2.26. The van der Waals surface area contributed by atoms with E-state index in [2.05, 4.69) is 15.3 Å². The Balaban J connectivity index is 2.43. The number of carboxylic acids is 1. The average molecular weight is 263 g/mol. The minimum absolute atomic E-state index is 0.0369. The van der Waals surface area contributed by atoms with Crippen molar-refractivity contribution in [3.63, 3.8) is 0 Å². The molecule has 0 aromatic carbocycles. The number of rotatable bonds is 4. The number of nitrogens with zero attached hydrogens (tertiary/aromatic N) is 5. The summed E-state index contributed by atoms with van der Waals surface area (Å²) in [7, 11) is 0. The normalized spacial score (nSPS) is 10.4. The molecule has 0 radical (unpaired) electrons. The highest BCUT2D eigenvalue weighted by molar-refractivity contribution is 6.40. The van der Waals surface area contributed by atoms with E-state index in [0.717, 1.165) is 11.8 Å². The largest absolute Gasteiger partial charge is 0.480 e. The molecule has 2 aromatic rings. The average Bonchev–Trinajstić information content (AvgIpc) is 2.81. The molecule has 2 heterocycles. The zero-order chi connectivity index (χ0) is 14.0. The van der Waals surface area contributed by atoms with Crippen molar-refractivity contribution in [1.29, 1.82) is 0 Å². The van der Waals surface area contributed by atoms with E-state index in [9.17, 15) is 14.4 Å². The lowest BCUT2D eigenvalue weighted by atomic mass is 10.3. The third kappa shape index (κ3) is 2.54. The highest BCUT2D eigenvalue weighted by atomic mass is 16.4. The number of ketones is 1. The Hall–Kier alpha value is -2.84. The Labute approximate surface area is 106 Å². The summed E-state index contributed by atoms with van der Waals surface area (Å²) in [5.74, 6) is -2.93. The molecule has 1 N–H and O–H groups in total. The van der Waals surface area contributed by atoms with E-state index in [-0.39, 0.29) is 5.82 Å².